The van der Waals surface area contributed by atoms with Gasteiger partial charge in [-0.05, 0) is 32.1 Å². The summed E-state index contributed by atoms with van der Waals surface area (Å²) >= 11 is 0. The lowest BCUT2D eigenvalue weighted by Gasteiger charge is -2.34. The van der Waals surface area contributed by atoms with Gasteiger partial charge >= 0.3 is 0 Å². The van der Waals surface area contributed by atoms with Crippen molar-refractivity contribution >= 4 is 11.8 Å². The lowest BCUT2D eigenvalue weighted by Crippen LogP contribution is -2.42. The van der Waals surface area contributed by atoms with E-state index in [1.165, 1.54) is 6.42 Å². The smallest absolute Gasteiger partial charge is 0.225 e. The molecule has 3 fully saturated rings. The molecule has 1 atom stereocenters. The van der Waals surface area contributed by atoms with Gasteiger partial charge in [0, 0.05) is 25.0 Å². The van der Waals surface area contributed by atoms with Crippen LogP contribution in [0, 0.1) is 5.92 Å². The van der Waals surface area contributed by atoms with Crippen molar-refractivity contribution in [1.82, 2.24) is 10.2 Å². The van der Waals surface area contributed by atoms with Gasteiger partial charge in [0.25, 0.3) is 0 Å². The zero-order valence-corrected chi connectivity index (χ0v) is 9.45. The fourth-order valence-electron chi connectivity index (χ4n) is 2.51. The first kappa shape index (κ1) is 10.1. The second kappa shape index (κ2) is 3.75. The number of rotatable bonds is 3. The lowest BCUT2D eigenvalue weighted by atomic mass is 9.92. The molecule has 1 saturated heterocycles. The van der Waals surface area contributed by atoms with Gasteiger partial charge in [0.15, 0.2) is 0 Å². The van der Waals surface area contributed by atoms with E-state index in [2.05, 4.69) is 5.32 Å². The van der Waals surface area contributed by atoms with Gasteiger partial charge in [-0.25, -0.2) is 0 Å². The Morgan fingerprint density at radius 3 is 2.56 bits per heavy atom. The molecule has 4 heteroatoms. The zero-order chi connectivity index (χ0) is 11.1. The summed E-state index contributed by atoms with van der Waals surface area (Å²) in [7, 11) is 0. The van der Waals surface area contributed by atoms with Crippen molar-refractivity contribution in [3.63, 3.8) is 0 Å². The monoisotopic (exact) mass is 222 g/mol. The Morgan fingerprint density at radius 2 is 2.00 bits per heavy atom. The van der Waals surface area contributed by atoms with E-state index in [1.54, 1.807) is 0 Å². The summed E-state index contributed by atoms with van der Waals surface area (Å²) in [4.78, 5) is 25.5. The van der Waals surface area contributed by atoms with E-state index in [0.717, 1.165) is 25.7 Å². The molecule has 0 aromatic heterocycles. The average Bonchev–Trinajstić information content (AvgIpc) is 2.89. The largest absolute Gasteiger partial charge is 0.353 e. The molecule has 0 spiro atoms. The van der Waals surface area contributed by atoms with Crippen LogP contribution in [-0.2, 0) is 9.59 Å². The summed E-state index contributed by atoms with van der Waals surface area (Å²) in [5.74, 6) is 0.187. The first-order chi connectivity index (χ1) is 7.74. The maximum absolute atomic E-state index is 11.8. The molecule has 4 nitrogen and oxygen atoms in total. The Hall–Kier alpha value is -1.06. The van der Waals surface area contributed by atoms with Gasteiger partial charge in [0.05, 0.1) is 5.92 Å². The van der Waals surface area contributed by atoms with Crippen LogP contribution in [0.4, 0.5) is 0 Å². The average molecular weight is 222 g/mol. The van der Waals surface area contributed by atoms with Crippen LogP contribution in [0.25, 0.3) is 0 Å². The predicted octanol–water partition coefficient (Wildman–Crippen LogP) is 0.666. The zero-order valence-electron chi connectivity index (χ0n) is 9.45. The Morgan fingerprint density at radius 1 is 1.25 bits per heavy atom. The van der Waals surface area contributed by atoms with Gasteiger partial charge in [-0.2, -0.15) is 0 Å². The molecule has 1 heterocycles. The van der Waals surface area contributed by atoms with Crippen molar-refractivity contribution in [2.45, 2.75) is 50.6 Å². The van der Waals surface area contributed by atoms with Crippen LogP contribution in [0.2, 0.25) is 0 Å². The van der Waals surface area contributed by atoms with E-state index in [0.29, 0.717) is 25.0 Å². The number of amides is 2. The van der Waals surface area contributed by atoms with E-state index in [1.807, 2.05) is 4.90 Å². The molecule has 1 N–H and O–H groups in total. The molecule has 0 aromatic rings. The molecule has 2 amide bonds. The Balaban J connectivity index is 1.57. The molecular weight excluding hydrogens is 204 g/mol. The standard InChI is InChI=1S/C12H18N2O2/c15-11-6-8(12(16)13-9-4-5-9)7-14(11)10-2-1-3-10/h8-10H,1-7H2,(H,13,16). The molecule has 3 rings (SSSR count). The topological polar surface area (TPSA) is 49.4 Å². The minimum atomic E-state index is -0.0892. The molecule has 88 valence electrons. The molecule has 2 aliphatic carbocycles. The Labute approximate surface area is 95.4 Å². The quantitative estimate of drug-likeness (QED) is 0.763. The van der Waals surface area contributed by atoms with Crippen LogP contribution in [0.15, 0.2) is 0 Å². The second-order valence-electron chi connectivity index (χ2n) is 5.31. The number of hydrogen-bond donors (Lipinski definition) is 1. The summed E-state index contributed by atoms with van der Waals surface area (Å²) in [5, 5.41) is 2.99. The normalized spacial score (nSPS) is 30.4. The Kier molecular flexibility index (Phi) is 2.37. The lowest BCUT2D eigenvalue weighted by molar-refractivity contribution is -0.131. The van der Waals surface area contributed by atoms with Crippen LogP contribution in [0.1, 0.15) is 38.5 Å². The van der Waals surface area contributed by atoms with Crippen LogP contribution in [-0.4, -0.2) is 35.3 Å². The van der Waals surface area contributed by atoms with Gasteiger partial charge < -0.3 is 10.2 Å². The number of likely N-dealkylation sites (tertiary alicyclic amines) is 1. The predicted molar refractivity (Wildman–Crippen MR) is 58.6 cm³/mol. The SMILES string of the molecule is O=C(NC1CC1)C1CC(=O)N(C2CCC2)C1. The summed E-state index contributed by atoms with van der Waals surface area (Å²) in [6.45, 7) is 0.655. The minimum Gasteiger partial charge on any atom is -0.353 e. The van der Waals surface area contributed by atoms with Crippen LogP contribution < -0.4 is 5.32 Å². The third kappa shape index (κ3) is 1.81. The fourth-order valence-corrected chi connectivity index (χ4v) is 2.51. The third-order valence-corrected chi connectivity index (χ3v) is 3.97. The number of nitrogens with zero attached hydrogens (tertiary/aromatic N) is 1. The van der Waals surface area contributed by atoms with Gasteiger partial charge in [-0.3, -0.25) is 9.59 Å². The first-order valence-electron chi connectivity index (χ1n) is 6.34. The van der Waals surface area contributed by atoms with Crippen LogP contribution in [0.5, 0.6) is 0 Å². The van der Waals surface area contributed by atoms with E-state index in [4.69, 9.17) is 0 Å². The van der Waals surface area contributed by atoms with Crippen LogP contribution in [0.3, 0.4) is 0 Å². The molecular formula is C12H18N2O2. The van der Waals surface area contributed by atoms with Gasteiger partial charge in [0.2, 0.25) is 11.8 Å². The third-order valence-electron chi connectivity index (χ3n) is 3.97. The number of carbonyl (C=O) groups is 2. The summed E-state index contributed by atoms with van der Waals surface area (Å²) < 4.78 is 0. The molecule has 0 aromatic carbocycles. The highest BCUT2D eigenvalue weighted by Gasteiger charge is 2.40. The van der Waals surface area contributed by atoms with E-state index in [-0.39, 0.29) is 17.7 Å². The maximum atomic E-state index is 11.8. The van der Waals surface area contributed by atoms with Crippen molar-refractivity contribution in [2.24, 2.45) is 5.92 Å². The van der Waals surface area contributed by atoms with E-state index < -0.39 is 0 Å². The molecule has 16 heavy (non-hydrogen) atoms. The molecule has 1 unspecified atom stereocenters. The fraction of sp³-hybridized carbons (Fsp3) is 0.833. The van der Waals surface area contributed by atoms with Crippen molar-refractivity contribution in [3.8, 4) is 0 Å². The molecule has 1 aliphatic heterocycles. The van der Waals surface area contributed by atoms with E-state index in [9.17, 15) is 9.59 Å². The highest BCUT2D eigenvalue weighted by molar-refractivity contribution is 5.89. The first-order valence-corrected chi connectivity index (χ1v) is 6.34. The van der Waals surface area contributed by atoms with E-state index >= 15 is 0 Å². The summed E-state index contributed by atoms with van der Waals surface area (Å²) in [6, 6.07) is 0.839. The number of nitrogens with one attached hydrogen (secondary N) is 1. The highest BCUT2D eigenvalue weighted by atomic mass is 16.2. The highest BCUT2D eigenvalue weighted by Crippen LogP contribution is 2.31. The van der Waals surface area contributed by atoms with Gasteiger partial charge in [-0.15, -0.1) is 0 Å². The molecule has 3 aliphatic rings. The van der Waals surface area contributed by atoms with Crippen molar-refractivity contribution in [2.75, 3.05) is 6.54 Å². The van der Waals surface area contributed by atoms with Gasteiger partial charge in [0.1, 0.15) is 0 Å². The molecule has 0 radical (unpaired) electrons. The summed E-state index contributed by atoms with van der Waals surface area (Å²) in [6.07, 6.45) is 6.13. The minimum absolute atomic E-state index is 0.0892. The summed E-state index contributed by atoms with van der Waals surface area (Å²) in [5.41, 5.74) is 0. The van der Waals surface area contributed by atoms with Crippen molar-refractivity contribution < 1.29 is 9.59 Å². The van der Waals surface area contributed by atoms with Crippen molar-refractivity contribution in [3.05, 3.63) is 0 Å². The van der Waals surface area contributed by atoms with Gasteiger partial charge in [-0.1, -0.05) is 0 Å². The number of hydrogen-bond acceptors (Lipinski definition) is 2. The molecule has 2 saturated carbocycles. The number of carbonyl (C=O) groups excluding carboxylic acids is 2. The van der Waals surface area contributed by atoms with Crippen LogP contribution >= 0.6 is 0 Å². The molecule has 0 bridgehead atoms. The van der Waals surface area contributed by atoms with Crippen molar-refractivity contribution in [1.29, 1.82) is 0 Å². The maximum Gasteiger partial charge on any atom is 0.225 e. The Bertz CT molecular complexity index is 321. The second-order valence-corrected chi connectivity index (χ2v) is 5.31.